The van der Waals surface area contributed by atoms with E-state index in [1.807, 2.05) is 18.2 Å². The molecule has 2 aromatic rings. The van der Waals surface area contributed by atoms with Gasteiger partial charge in [-0.3, -0.25) is 9.78 Å². The summed E-state index contributed by atoms with van der Waals surface area (Å²) in [7, 11) is 3.01. The van der Waals surface area contributed by atoms with E-state index in [0.717, 1.165) is 25.1 Å². The molecule has 0 aromatic carbocycles. The van der Waals surface area contributed by atoms with Crippen molar-refractivity contribution >= 4 is 5.91 Å². The Hall–Kier alpha value is -2.67. The maximum absolute atomic E-state index is 13.2. The second-order valence-electron chi connectivity index (χ2n) is 6.05. The summed E-state index contributed by atoms with van der Waals surface area (Å²) in [6.45, 7) is 1.64. The Kier molecular flexibility index (Phi) is 6.01. The van der Waals surface area contributed by atoms with Gasteiger partial charge in [0.15, 0.2) is 0 Å². The Bertz CT molecular complexity index is 733. The molecule has 1 aliphatic heterocycles. The van der Waals surface area contributed by atoms with Gasteiger partial charge in [-0.25, -0.2) is 0 Å². The summed E-state index contributed by atoms with van der Waals surface area (Å²) in [5, 5.41) is 0. The number of hydrogen-bond donors (Lipinski definition) is 0. The van der Waals surface area contributed by atoms with Gasteiger partial charge in [0, 0.05) is 25.4 Å². The van der Waals surface area contributed by atoms with E-state index < -0.39 is 0 Å². The maximum atomic E-state index is 13.2. The van der Waals surface area contributed by atoms with E-state index in [-0.39, 0.29) is 17.9 Å². The van der Waals surface area contributed by atoms with E-state index in [4.69, 9.17) is 14.2 Å². The topological polar surface area (TPSA) is 73.8 Å². The number of rotatable bonds is 7. The van der Waals surface area contributed by atoms with Crippen molar-refractivity contribution < 1.29 is 19.0 Å². The quantitative estimate of drug-likeness (QED) is 0.757. The zero-order valence-corrected chi connectivity index (χ0v) is 15.1. The Balaban J connectivity index is 1.85. The van der Waals surface area contributed by atoms with E-state index in [0.29, 0.717) is 24.5 Å². The first kappa shape index (κ1) is 18.1. The third-order valence-electron chi connectivity index (χ3n) is 4.28. The van der Waals surface area contributed by atoms with Gasteiger partial charge in [-0.05, 0) is 31.0 Å². The molecule has 138 valence electrons. The van der Waals surface area contributed by atoms with Crippen LogP contribution in [-0.4, -0.2) is 54.3 Å². The SMILES string of the molecule is COc1ccc(C(=O)N(Cc2ccccn2)C[C@@H]2CCCO2)c(OC)n1. The molecule has 7 heteroatoms. The summed E-state index contributed by atoms with van der Waals surface area (Å²) in [6, 6.07) is 8.99. The zero-order valence-electron chi connectivity index (χ0n) is 15.1. The minimum atomic E-state index is -0.168. The van der Waals surface area contributed by atoms with Crippen LogP contribution in [0.5, 0.6) is 11.8 Å². The Morgan fingerprint density at radius 1 is 1.27 bits per heavy atom. The van der Waals surface area contributed by atoms with Crippen LogP contribution in [0.15, 0.2) is 36.5 Å². The molecule has 7 nitrogen and oxygen atoms in total. The fraction of sp³-hybridized carbons (Fsp3) is 0.421. The van der Waals surface area contributed by atoms with Crippen molar-refractivity contribution in [1.29, 1.82) is 0 Å². The molecule has 0 bridgehead atoms. The lowest BCUT2D eigenvalue weighted by atomic mass is 10.1. The fourth-order valence-electron chi connectivity index (χ4n) is 2.97. The summed E-state index contributed by atoms with van der Waals surface area (Å²) in [6.07, 6.45) is 3.73. The van der Waals surface area contributed by atoms with Gasteiger partial charge in [0.1, 0.15) is 5.56 Å². The number of amides is 1. The number of nitrogens with zero attached hydrogens (tertiary/aromatic N) is 3. The first-order valence-electron chi connectivity index (χ1n) is 8.61. The number of methoxy groups -OCH3 is 2. The van der Waals surface area contributed by atoms with E-state index in [2.05, 4.69) is 9.97 Å². The Labute approximate surface area is 152 Å². The minimum Gasteiger partial charge on any atom is -0.481 e. The first-order chi connectivity index (χ1) is 12.7. The predicted octanol–water partition coefficient (Wildman–Crippen LogP) is 2.32. The highest BCUT2D eigenvalue weighted by Crippen LogP contribution is 2.23. The molecular weight excluding hydrogens is 334 g/mol. The van der Waals surface area contributed by atoms with Gasteiger partial charge >= 0.3 is 0 Å². The average Bonchev–Trinajstić information content (AvgIpc) is 3.20. The molecule has 1 atom stereocenters. The number of hydrogen-bond acceptors (Lipinski definition) is 6. The minimum absolute atomic E-state index is 0.0415. The molecule has 3 rings (SSSR count). The summed E-state index contributed by atoms with van der Waals surface area (Å²) in [4.78, 5) is 23.5. The molecule has 1 fully saturated rings. The van der Waals surface area contributed by atoms with Crippen molar-refractivity contribution in [2.75, 3.05) is 27.4 Å². The molecule has 1 saturated heterocycles. The fourth-order valence-corrected chi connectivity index (χ4v) is 2.97. The molecule has 3 heterocycles. The highest BCUT2D eigenvalue weighted by Gasteiger charge is 2.26. The Morgan fingerprint density at radius 2 is 2.15 bits per heavy atom. The van der Waals surface area contributed by atoms with Crippen LogP contribution < -0.4 is 9.47 Å². The molecule has 0 radical (unpaired) electrons. The van der Waals surface area contributed by atoms with Gasteiger partial charge in [0.05, 0.1) is 32.6 Å². The van der Waals surface area contributed by atoms with Crippen molar-refractivity contribution in [1.82, 2.24) is 14.9 Å². The summed E-state index contributed by atoms with van der Waals surface area (Å²) < 4.78 is 16.1. The smallest absolute Gasteiger partial charge is 0.259 e. The second kappa shape index (κ2) is 8.62. The van der Waals surface area contributed by atoms with Gasteiger partial charge in [-0.2, -0.15) is 4.98 Å². The van der Waals surface area contributed by atoms with Crippen LogP contribution >= 0.6 is 0 Å². The molecule has 1 amide bonds. The molecule has 0 unspecified atom stereocenters. The van der Waals surface area contributed by atoms with Crippen molar-refractivity contribution in [2.45, 2.75) is 25.5 Å². The highest BCUT2D eigenvalue weighted by atomic mass is 16.5. The third-order valence-corrected chi connectivity index (χ3v) is 4.28. The lowest BCUT2D eigenvalue weighted by Gasteiger charge is -2.25. The van der Waals surface area contributed by atoms with Crippen LogP contribution in [-0.2, 0) is 11.3 Å². The summed E-state index contributed by atoms with van der Waals surface area (Å²) in [5.74, 6) is 0.472. The lowest BCUT2D eigenvalue weighted by Crippen LogP contribution is -2.37. The van der Waals surface area contributed by atoms with E-state index in [1.165, 1.54) is 14.2 Å². The van der Waals surface area contributed by atoms with Crippen LogP contribution in [0.4, 0.5) is 0 Å². The third kappa shape index (κ3) is 4.29. The van der Waals surface area contributed by atoms with Gasteiger partial charge in [0.25, 0.3) is 5.91 Å². The van der Waals surface area contributed by atoms with Gasteiger partial charge in [-0.15, -0.1) is 0 Å². The van der Waals surface area contributed by atoms with Crippen LogP contribution in [0.2, 0.25) is 0 Å². The zero-order chi connectivity index (χ0) is 18.4. The molecule has 2 aromatic heterocycles. The molecule has 1 aliphatic rings. The van der Waals surface area contributed by atoms with E-state index in [1.54, 1.807) is 23.2 Å². The average molecular weight is 357 g/mol. The molecule has 0 saturated carbocycles. The number of carbonyl (C=O) groups excluding carboxylic acids is 1. The lowest BCUT2D eigenvalue weighted by molar-refractivity contribution is 0.0501. The largest absolute Gasteiger partial charge is 0.481 e. The van der Waals surface area contributed by atoms with Gasteiger partial charge in [0.2, 0.25) is 11.8 Å². The highest BCUT2D eigenvalue weighted by molar-refractivity contribution is 5.96. The van der Waals surface area contributed by atoms with Gasteiger partial charge < -0.3 is 19.1 Å². The summed E-state index contributed by atoms with van der Waals surface area (Å²) in [5.41, 5.74) is 1.21. The second-order valence-corrected chi connectivity index (χ2v) is 6.05. The molecule has 0 spiro atoms. The van der Waals surface area contributed by atoms with Crippen molar-refractivity contribution in [2.24, 2.45) is 0 Å². The number of carbonyl (C=O) groups is 1. The van der Waals surface area contributed by atoms with E-state index in [9.17, 15) is 4.79 Å². The summed E-state index contributed by atoms with van der Waals surface area (Å²) >= 11 is 0. The monoisotopic (exact) mass is 357 g/mol. The number of pyridine rings is 2. The predicted molar refractivity (Wildman–Crippen MR) is 95.3 cm³/mol. The van der Waals surface area contributed by atoms with Crippen LogP contribution in [0.25, 0.3) is 0 Å². The normalized spacial score (nSPS) is 16.3. The van der Waals surface area contributed by atoms with Crippen LogP contribution in [0, 0.1) is 0 Å². The first-order valence-corrected chi connectivity index (χ1v) is 8.61. The Morgan fingerprint density at radius 3 is 2.81 bits per heavy atom. The van der Waals surface area contributed by atoms with E-state index >= 15 is 0 Å². The van der Waals surface area contributed by atoms with Crippen LogP contribution in [0.1, 0.15) is 28.9 Å². The molecule has 0 N–H and O–H groups in total. The molecular formula is C19H23N3O4. The number of ether oxygens (including phenoxy) is 3. The molecule has 26 heavy (non-hydrogen) atoms. The van der Waals surface area contributed by atoms with Crippen molar-refractivity contribution in [3.8, 4) is 11.8 Å². The number of aromatic nitrogens is 2. The van der Waals surface area contributed by atoms with Crippen molar-refractivity contribution in [3.05, 3.63) is 47.8 Å². The van der Waals surface area contributed by atoms with Crippen LogP contribution in [0.3, 0.4) is 0 Å². The van der Waals surface area contributed by atoms with Crippen molar-refractivity contribution in [3.63, 3.8) is 0 Å². The molecule has 0 aliphatic carbocycles. The van der Waals surface area contributed by atoms with Gasteiger partial charge in [-0.1, -0.05) is 6.07 Å². The standard InChI is InChI=1S/C19H23N3O4/c1-24-17-9-8-16(18(21-17)25-2)19(23)22(13-15-7-5-11-26-15)12-14-6-3-4-10-20-14/h3-4,6,8-10,15H,5,7,11-13H2,1-2H3/t15-/m0/s1. The maximum Gasteiger partial charge on any atom is 0.259 e.